The van der Waals surface area contributed by atoms with E-state index in [1.54, 1.807) is 18.2 Å². The van der Waals surface area contributed by atoms with Crippen LogP contribution in [0.1, 0.15) is 21.1 Å². The Bertz CT molecular complexity index is 403. The van der Waals surface area contributed by atoms with Crippen LogP contribution < -0.4 is 0 Å². The molecule has 0 saturated heterocycles. The smallest absolute Gasteiger partial charge is 0.287 e. The van der Waals surface area contributed by atoms with Crippen molar-refractivity contribution in [3.63, 3.8) is 0 Å². The van der Waals surface area contributed by atoms with E-state index in [4.69, 9.17) is 11.6 Å². The topological polar surface area (TPSA) is 60.4 Å². The molecule has 0 fully saturated rings. The van der Waals surface area contributed by atoms with E-state index in [0.717, 1.165) is 0 Å². The van der Waals surface area contributed by atoms with E-state index in [0.29, 0.717) is 12.0 Å². The number of carbonyl (C=O) groups excluding carboxylic acids is 2. The molecule has 2 heterocycles. The van der Waals surface area contributed by atoms with Gasteiger partial charge in [0.2, 0.25) is 0 Å². The molecule has 78 valence electrons. The van der Waals surface area contributed by atoms with Gasteiger partial charge in [0.1, 0.15) is 0 Å². The maximum absolute atomic E-state index is 10.2. The van der Waals surface area contributed by atoms with Crippen molar-refractivity contribution in [2.24, 2.45) is 0 Å². The van der Waals surface area contributed by atoms with E-state index < -0.39 is 5.24 Å². The van der Waals surface area contributed by atoms with Crippen LogP contribution in [0.4, 0.5) is 0 Å². The first-order valence-corrected chi connectivity index (χ1v) is 4.34. The van der Waals surface area contributed by atoms with Crippen LogP contribution in [-0.2, 0) is 0 Å². The fraction of sp³-hybridized carbons (Fsp3) is 0. The molecule has 0 aliphatic heterocycles. The van der Waals surface area contributed by atoms with Gasteiger partial charge in [-0.25, -0.2) is 0 Å². The van der Waals surface area contributed by atoms with E-state index in [-0.39, 0.29) is 5.76 Å². The number of aldehydes is 1. The van der Waals surface area contributed by atoms with Gasteiger partial charge in [0.15, 0.2) is 17.8 Å². The van der Waals surface area contributed by atoms with Crippen molar-refractivity contribution in [1.82, 2.24) is 0 Å². The van der Waals surface area contributed by atoms with E-state index in [1.807, 2.05) is 0 Å². The summed E-state index contributed by atoms with van der Waals surface area (Å²) in [5, 5.41) is -0.560. The van der Waals surface area contributed by atoms with Gasteiger partial charge in [-0.05, 0) is 35.9 Å². The number of halogens is 1. The summed E-state index contributed by atoms with van der Waals surface area (Å²) in [5.41, 5.74) is 0. The van der Waals surface area contributed by atoms with Crippen LogP contribution in [0.5, 0.6) is 0 Å². The first kappa shape index (κ1) is 11.3. The molecular weight excluding hydrogens is 220 g/mol. The minimum atomic E-state index is -0.560. The van der Waals surface area contributed by atoms with Crippen molar-refractivity contribution in [3.8, 4) is 0 Å². The molecule has 0 N–H and O–H groups in total. The minimum absolute atomic E-state index is 0.187. The van der Waals surface area contributed by atoms with Crippen LogP contribution >= 0.6 is 11.6 Å². The Morgan fingerprint density at radius 1 is 1.20 bits per heavy atom. The number of hydrogen-bond acceptors (Lipinski definition) is 4. The molecule has 0 radical (unpaired) electrons. The van der Waals surface area contributed by atoms with Crippen LogP contribution in [0.3, 0.4) is 0 Å². The Hall–Kier alpha value is -1.81. The molecule has 0 aromatic carbocycles. The van der Waals surface area contributed by atoms with Gasteiger partial charge in [0, 0.05) is 0 Å². The lowest BCUT2D eigenvalue weighted by Crippen LogP contribution is -1.80. The van der Waals surface area contributed by atoms with E-state index in [9.17, 15) is 9.59 Å². The van der Waals surface area contributed by atoms with Crippen molar-refractivity contribution in [2.75, 3.05) is 0 Å². The van der Waals surface area contributed by atoms with Crippen molar-refractivity contribution in [2.45, 2.75) is 0 Å². The molecule has 0 bridgehead atoms. The summed E-state index contributed by atoms with van der Waals surface area (Å²) in [6.07, 6.45) is 3.53. The summed E-state index contributed by atoms with van der Waals surface area (Å²) >= 11 is 5.01. The molecule has 2 rings (SSSR count). The molecule has 2 aromatic heterocycles. The van der Waals surface area contributed by atoms with E-state index in [1.165, 1.54) is 18.6 Å². The van der Waals surface area contributed by atoms with Gasteiger partial charge in [0.25, 0.3) is 5.24 Å². The Balaban J connectivity index is 0.000000151. The van der Waals surface area contributed by atoms with Gasteiger partial charge in [-0.1, -0.05) is 0 Å². The predicted octanol–water partition coefficient (Wildman–Crippen LogP) is 2.75. The molecule has 0 saturated carbocycles. The minimum Gasteiger partial charge on any atom is -0.462 e. The van der Waals surface area contributed by atoms with Crippen LogP contribution in [0.2, 0.25) is 0 Å². The van der Waals surface area contributed by atoms with Gasteiger partial charge in [-0.15, -0.1) is 0 Å². The quantitative estimate of drug-likeness (QED) is 0.584. The van der Waals surface area contributed by atoms with Crippen LogP contribution in [-0.4, -0.2) is 11.5 Å². The summed E-state index contributed by atoms with van der Waals surface area (Å²) in [6.45, 7) is 0. The highest BCUT2D eigenvalue weighted by Crippen LogP contribution is 2.02. The molecule has 15 heavy (non-hydrogen) atoms. The standard InChI is InChI=1S/C5H3ClO2.C5H4O2/c6-5(7)4-2-1-3-8-4;6-4-5-2-1-3-7-5/h1-3H;1-4H. The number of rotatable bonds is 2. The lowest BCUT2D eigenvalue weighted by atomic mass is 10.5. The Morgan fingerprint density at radius 3 is 2.13 bits per heavy atom. The highest BCUT2D eigenvalue weighted by molar-refractivity contribution is 6.67. The van der Waals surface area contributed by atoms with Crippen molar-refractivity contribution in [3.05, 3.63) is 48.3 Å². The molecule has 0 aliphatic carbocycles. The van der Waals surface area contributed by atoms with E-state index in [2.05, 4.69) is 8.83 Å². The van der Waals surface area contributed by atoms with Gasteiger partial charge < -0.3 is 8.83 Å². The lowest BCUT2D eigenvalue weighted by Gasteiger charge is -1.77. The summed E-state index contributed by atoms with van der Waals surface area (Å²) in [5.74, 6) is 0.562. The molecule has 0 unspecified atom stereocenters. The third-order valence-corrected chi connectivity index (χ3v) is 1.56. The van der Waals surface area contributed by atoms with Gasteiger partial charge in [0.05, 0.1) is 12.5 Å². The zero-order valence-corrected chi connectivity index (χ0v) is 8.31. The molecule has 5 heteroatoms. The Morgan fingerprint density at radius 2 is 1.87 bits per heavy atom. The second-order valence-electron chi connectivity index (χ2n) is 2.38. The summed E-state index contributed by atoms with van der Waals surface area (Å²) < 4.78 is 9.23. The third-order valence-electron chi connectivity index (χ3n) is 1.37. The predicted molar refractivity (Wildman–Crippen MR) is 53.0 cm³/mol. The molecule has 0 amide bonds. The Labute approximate surface area is 90.4 Å². The van der Waals surface area contributed by atoms with Gasteiger partial charge >= 0.3 is 0 Å². The van der Waals surface area contributed by atoms with Crippen molar-refractivity contribution < 1.29 is 18.4 Å². The van der Waals surface area contributed by atoms with Crippen LogP contribution in [0.25, 0.3) is 0 Å². The average Bonchev–Trinajstić information content (AvgIpc) is 2.92. The first-order valence-electron chi connectivity index (χ1n) is 3.96. The average molecular weight is 227 g/mol. The summed E-state index contributed by atoms with van der Waals surface area (Å²) in [7, 11) is 0. The van der Waals surface area contributed by atoms with Crippen LogP contribution in [0, 0.1) is 0 Å². The Kier molecular flexibility index (Phi) is 4.37. The number of carbonyl (C=O) groups is 2. The first-order chi connectivity index (χ1) is 7.24. The van der Waals surface area contributed by atoms with E-state index >= 15 is 0 Å². The fourth-order valence-corrected chi connectivity index (χ4v) is 0.856. The molecule has 2 aromatic rings. The largest absolute Gasteiger partial charge is 0.462 e. The second-order valence-corrected chi connectivity index (χ2v) is 2.73. The number of hydrogen-bond donors (Lipinski definition) is 0. The lowest BCUT2D eigenvalue weighted by molar-refractivity contribution is 0.105. The van der Waals surface area contributed by atoms with Crippen LogP contribution in [0.15, 0.2) is 45.6 Å². The molecule has 0 aliphatic rings. The zero-order valence-electron chi connectivity index (χ0n) is 7.55. The maximum Gasteiger partial charge on any atom is 0.287 e. The molecule has 0 spiro atoms. The third kappa shape index (κ3) is 3.83. The highest BCUT2D eigenvalue weighted by atomic mass is 35.5. The second kappa shape index (κ2) is 5.82. The van der Waals surface area contributed by atoms with Crippen molar-refractivity contribution in [1.29, 1.82) is 0 Å². The SMILES string of the molecule is O=C(Cl)c1ccco1.O=Cc1ccco1. The monoisotopic (exact) mass is 226 g/mol. The normalized spacial score (nSPS) is 8.87. The highest BCUT2D eigenvalue weighted by Gasteiger charge is 2.00. The zero-order chi connectivity index (χ0) is 11.1. The summed E-state index contributed by atoms with van der Waals surface area (Å²) in [4.78, 5) is 20.0. The summed E-state index contributed by atoms with van der Waals surface area (Å²) in [6, 6.07) is 6.39. The van der Waals surface area contributed by atoms with Gasteiger partial charge in [-0.2, -0.15) is 0 Å². The fourth-order valence-electron chi connectivity index (χ4n) is 0.749. The molecule has 0 atom stereocenters. The number of furan rings is 2. The molecular formula is C10H7ClO4. The molecule has 4 nitrogen and oxygen atoms in total. The van der Waals surface area contributed by atoms with Gasteiger partial charge in [-0.3, -0.25) is 9.59 Å². The van der Waals surface area contributed by atoms with Crippen molar-refractivity contribution >= 4 is 23.1 Å². The maximum atomic E-state index is 10.2.